The number of hydrogen-bond acceptors (Lipinski definition) is 1. The van der Waals surface area contributed by atoms with Gasteiger partial charge < -0.3 is 5.32 Å². The van der Waals surface area contributed by atoms with E-state index in [9.17, 15) is 0 Å². The van der Waals surface area contributed by atoms with Crippen LogP contribution in [0, 0.1) is 23.7 Å². The van der Waals surface area contributed by atoms with E-state index in [2.05, 4.69) is 61.6 Å². The van der Waals surface area contributed by atoms with Gasteiger partial charge in [0.05, 0.1) is 0 Å². The van der Waals surface area contributed by atoms with E-state index in [1.807, 2.05) is 0 Å². The molecule has 1 aromatic carbocycles. The highest BCUT2D eigenvalue weighted by Gasteiger charge is 2.35. The highest BCUT2D eigenvalue weighted by molar-refractivity contribution is 5.20. The number of hydrogen-bond donors (Lipinski definition) is 1. The predicted molar refractivity (Wildman–Crippen MR) is 90.1 cm³/mol. The van der Waals surface area contributed by atoms with Crippen LogP contribution in [-0.4, -0.2) is 6.54 Å². The average Bonchev–Trinajstić information content (AvgIpc) is 3.15. The molecule has 3 rings (SSSR count). The van der Waals surface area contributed by atoms with Gasteiger partial charge in [0.15, 0.2) is 0 Å². The maximum Gasteiger partial charge on any atom is 0.0348 e. The summed E-state index contributed by atoms with van der Waals surface area (Å²) in [7, 11) is 0. The Labute approximate surface area is 129 Å². The van der Waals surface area contributed by atoms with Crippen LogP contribution >= 0.6 is 0 Å². The molecule has 114 valence electrons. The molecule has 1 saturated carbocycles. The van der Waals surface area contributed by atoms with Crippen molar-refractivity contribution in [2.45, 2.75) is 45.6 Å². The van der Waals surface area contributed by atoms with E-state index in [-0.39, 0.29) is 0 Å². The van der Waals surface area contributed by atoms with Gasteiger partial charge in [-0.25, -0.2) is 0 Å². The summed E-state index contributed by atoms with van der Waals surface area (Å²) in [6.45, 7) is 5.83. The zero-order valence-corrected chi connectivity index (χ0v) is 13.5. The summed E-state index contributed by atoms with van der Waals surface area (Å²) in [5.74, 6) is 3.33. The topological polar surface area (TPSA) is 12.0 Å². The Balaban J connectivity index is 1.66. The zero-order chi connectivity index (χ0) is 14.7. The zero-order valence-electron chi connectivity index (χ0n) is 13.5. The molecule has 4 atom stereocenters. The molecule has 2 bridgehead atoms. The van der Waals surface area contributed by atoms with Crippen LogP contribution in [0.4, 0.5) is 0 Å². The second-order valence-corrected chi connectivity index (χ2v) is 6.91. The summed E-state index contributed by atoms with van der Waals surface area (Å²) in [4.78, 5) is 0. The van der Waals surface area contributed by atoms with Gasteiger partial charge in [-0.05, 0) is 48.6 Å². The lowest BCUT2D eigenvalue weighted by Crippen LogP contribution is -2.33. The Hall–Kier alpha value is -1.08. The van der Waals surface area contributed by atoms with Crippen molar-refractivity contribution in [3.8, 4) is 0 Å². The lowest BCUT2D eigenvalue weighted by atomic mass is 9.87. The Morgan fingerprint density at radius 3 is 2.38 bits per heavy atom. The molecule has 0 spiro atoms. The Kier molecular flexibility index (Phi) is 4.80. The first-order chi connectivity index (χ1) is 10.3. The summed E-state index contributed by atoms with van der Waals surface area (Å²) < 4.78 is 0. The minimum absolute atomic E-state index is 0.518. The molecular formula is C20H29N. The molecule has 0 aromatic heterocycles. The van der Waals surface area contributed by atoms with Crippen LogP contribution in [0.1, 0.15) is 51.1 Å². The Morgan fingerprint density at radius 2 is 1.81 bits per heavy atom. The molecule has 1 aromatic rings. The van der Waals surface area contributed by atoms with Crippen molar-refractivity contribution in [3.63, 3.8) is 0 Å². The SMILES string of the molecule is CCC(CC)C(NCC1CC2C=CC1C2)c1ccccc1. The third-order valence-electron chi connectivity index (χ3n) is 5.70. The van der Waals surface area contributed by atoms with Crippen LogP contribution in [0.2, 0.25) is 0 Å². The summed E-state index contributed by atoms with van der Waals surface area (Å²) in [5.41, 5.74) is 1.46. The molecule has 21 heavy (non-hydrogen) atoms. The van der Waals surface area contributed by atoms with Crippen molar-refractivity contribution < 1.29 is 0 Å². The van der Waals surface area contributed by atoms with Crippen LogP contribution in [-0.2, 0) is 0 Å². The van der Waals surface area contributed by atoms with E-state index >= 15 is 0 Å². The van der Waals surface area contributed by atoms with E-state index in [1.54, 1.807) is 0 Å². The van der Waals surface area contributed by atoms with Crippen LogP contribution in [0.25, 0.3) is 0 Å². The molecular weight excluding hydrogens is 254 g/mol. The standard InChI is InChI=1S/C20H29N/c1-3-16(4-2)20(17-8-6-5-7-9-17)21-14-19-13-15-10-11-18(19)12-15/h5-11,15-16,18-21H,3-4,12-14H2,1-2H3. The fourth-order valence-electron chi connectivity index (χ4n) is 4.38. The number of benzene rings is 1. The summed E-state index contributed by atoms with van der Waals surface area (Å²) in [5, 5.41) is 3.93. The highest BCUT2D eigenvalue weighted by Crippen LogP contribution is 2.43. The fourth-order valence-corrected chi connectivity index (χ4v) is 4.38. The molecule has 0 saturated heterocycles. The first kappa shape index (κ1) is 14.8. The van der Waals surface area contributed by atoms with Gasteiger partial charge in [0.25, 0.3) is 0 Å². The van der Waals surface area contributed by atoms with Crippen molar-refractivity contribution in [2.75, 3.05) is 6.54 Å². The van der Waals surface area contributed by atoms with E-state index in [0.717, 1.165) is 23.7 Å². The minimum atomic E-state index is 0.518. The molecule has 1 nitrogen and oxygen atoms in total. The molecule has 2 aliphatic rings. The number of allylic oxidation sites excluding steroid dienone is 2. The van der Waals surface area contributed by atoms with Gasteiger partial charge in [-0.2, -0.15) is 0 Å². The van der Waals surface area contributed by atoms with Crippen LogP contribution in [0.5, 0.6) is 0 Å². The van der Waals surface area contributed by atoms with E-state index in [1.165, 1.54) is 37.8 Å². The van der Waals surface area contributed by atoms with E-state index < -0.39 is 0 Å². The number of fused-ring (bicyclic) bond motifs is 2. The molecule has 1 heteroatoms. The maximum atomic E-state index is 3.93. The first-order valence-electron chi connectivity index (χ1n) is 8.78. The van der Waals surface area contributed by atoms with Crippen LogP contribution in [0.3, 0.4) is 0 Å². The number of nitrogens with one attached hydrogen (secondary N) is 1. The van der Waals surface area contributed by atoms with Gasteiger partial charge in [0.2, 0.25) is 0 Å². The fraction of sp³-hybridized carbons (Fsp3) is 0.600. The monoisotopic (exact) mass is 283 g/mol. The molecule has 0 radical (unpaired) electrons. The van der Waals surface area contributed by atoms with Gasteiger partial charge in [0, 0.05) is 6.04 Å². The summed E-state index contributed by atoms with van der Waals surface area (Å²) >= 11 is 0. The smallest absolute Gasteiger partial charge is 0.0348 e. The van der Waals surface area contributed by atoms with Crippen molar-refractivity contribution in [1.29, 1.82) is 0 Å². The van der Waals surface area contributed by atoms with Crippen LogP contribution < -0.4 is 5.32 Å². The third kappa shape index (κ3) is 3.23. The average molecular weight is 283 g/mol. The highest BCUT2D eigenvalue weighted by atomic mass is 14.9. The van der Waals surface area contributed by atoms with Gasteiger partial charge in [-0.3, -0.25) is 0 Å². The molecule has 2 aliphatic carbocycles. The van der Waals surface area contributed by atoms with Gasteiger partial charge in [-0.15, -0.1) is 0 Å². The van der Waals surface area contributed by atoms with Crippen molar-refractivity contribution in [1.82, 2.24) is 5.32 Å². The van der Waals surface area contributed by atoms with Crippen molar-refractivity contribution in [2.24, 2.45) is 23.7 Å². The molecule has 4 unspecified atom stereocenters. The summed E-state index contributed by atoms with van der Waals surface area (Å²) in [6, 6.07) is 11.6. The second kappa shape index (κ2) is 6.79. The Bertz CT molecular complexity index is 460. The molecule has 0 amide bonds. The first-order valence-corrected chi connectivity index (χ1v) is 8.78. The lowest BCUT2D eigenvalue weighted by molar-refractivity contribution is 0.305. The lowest BCUT2D eigenvalue weighted by Gasteiger charge is -2.29. The second-order valence-electron chi connectivity index (χ2n) is 6.91. The predicted octanol–water partition coefficient (Wildman–Crippen LogP) is 4.97. The summed E-state index contributed by atoms with van der Waals surface area (Å²) in [6.07, 6.45) is 10.2. The van der Waals surface area contributed by atoms with Crippen LogP contribution in [0.15, 0.2) is 42.5 Å². The third-order valence-corrected chi connectivity index (χ3v) is 5.70. The van der Waals surface area contributed by atoms with Gasteiger partial charge in [0.1, 0.15) is 0 Å². The maximum absolute atomic E-state index is 3.93. The molecule has 1 fully saturated rings. The largest absolute Gasteiger partial charge is 0.309 e. The Morgan fingerprint density at radius 1 is 1.05 bits per heavy atom. The van der Waals surface area contributed by atoms with Crippen molar-refractivity contribution >= 4 is 0 Å². The normalized spacial score (nSPS) is 28.4. The van der Waals surface area contributed by atoms with Gasteiger partial charge in [-0.1, -0.05) is 69.2 Å². The van der Waals surface area contributed by atoms with Crippen molar-refractivity contribution in [3.05, 3.63) is 48.0 Å². The number of rotatable bonds is 7. The molecule has 1 N–H and O–H groups in total. The molecule has 0 aliphatic heterocycles. The van der Waals surface area contributed by atoms with E-state index in [4.69, 9.17) is 0 Å². The van der Waals surface area contributed by atoms with E-state index in [0.29, 0.717) is 6.04 Å². The molecule has 0 heterocycles. The minimum Gasteiger partial charge on any atom is -0.309 e. The quantitative estimate of drug-likeness (QED) is 0.697. The van der Waals surface area contributed by atoms with Gasteiger partial charge >= 0.3 is 0 Å².